The third-order valence-corrected chi connectivity index (χ3v) is 7.81. The van der Waals surface area contributed by atoms with Crippen molar-refractivity contribution in [2.75, 3.05) is 32.7 Å². The third-order valence-electron chi connectivity index (χ3n) is 5.90. The molecule has 1 aliphatic rings. The zero-order valence-electron chi connectivity index (χ0n) is 17.9. The van der Waals surface area contributed by atoms with Crippen LogP contribution < -0.4 is 10.2 Å². The molecule has 158 valence electrons. The lowest BCUT2D eigenvalue weighted by Gasteiger charge is -2.32. The molecule has 1 aromatic carbocycles. The number of hydrogen-bond donors (Lipinski definition) is 2. The Balaban J connectivity index is 1.93. The van der Waals surface area contributed by atoms with Crippen molar-refractivity contribution < 1.29 is 18.1 Å². The predicted molar refractivity (Wildman–Crippen MR) is 112 cm³/mol. The number of nitrogens with one attached hydrogen (secondary N) is 2. The van der Waals surface area contributed by atoms with Crippen molar-refractivity contribution in [1.29, 1.82) is 0 Å². The van der Waals surface area contributed by atoms with Crippen LogP contribution in [0.4, 0.5) is 0 Å². The average Bonchev–Trinajstić information content (AvgIpc) is 2.67. The highest BCUT2D eigenvalue weighted by atomic mass is 32.2. The lowest BCUT2D eigenvalue weighted by atomic mass is 9.99. The summed E-state index contributed by atoms with van der Waals surface area (Å²) < 4.78 is 27.4. The minimum absolute atomic E-state index is 0.0267. The quantitative estimate of drug-likeness (QED) is 0.680. The molecule has 2 rings (SSSR count). The van der Waals surface area contributed by atoms with Crippen LogP contribution in [-0.4, -0.2) is 56.9 Å². The van der Waals surface area contributed by atoms with Crippen molar-refractivity contribution in [2.45, 2.75) is 63.8 Å². The first kappa shape index (κ1) is 22.8. The van der Waals surface area contributed by atoms with Crippen LogP contribution in [0.1, 0.15) is 58.9 Å². The summed E-state index contributed by atoms with van der Waals surface area (Å²) in [6.45, 7) is 12.9. The van der Waals surface area contributed by atoms with E-state index in [1.165, 1.54) is 0 Å². The van der Waals surface area contributed by atoms with Gasteiger partial charge in [-0.15, -0.1) is 0 Å². The molecule has 6 nitrogen and oxygen atoms in total. The summed E-state index contributed by atoms with van der Waals surface area (Å²) in [5.41, 5.74) is 0.958. The Kier molecular flexibility index (Phi) is 7.65. The van der Waals surface area contributed by atoms with E-state index in [2.05, 4.69) is 19.2 Å². The Morgan fingerprint density at radius 1 is 1.18 bits per heavy atom. The van der Waals surface area contributed by atoms with E-state index in [0.717, 1.165) is 23.3 Å². The number of carbonyl (C=O) groups excluding carboxylic acids is 1. The number of benzene rings is 1. The molecule has 1 atom stereocenters. The van der Waals surface area contributed by atoms with Gasteiger partial charge in [0.15, 0.2) is 6.54 Å². The zero-order valence-corrected chi connectivity index (χ0v) is 18.7. The Labute approximate surface area is 170 Å². The molecule has 1 heterocycles. The summed E-state index contributed by atoms with van der Waals surface area (Å²) in [6, 6.07) is 7.28. The molecule has 0 saturated carbocycles. The van der Waals surface area contributed by atoms with Crippen LogP contribution in [0.15, 0.2) is 29.2 Å². The number of amides is 1. The number of quaternary nitrogens is 1. The van der Waals surface area contributed by atoms with Gasteiger partial charge in [0.2, 0.25) is 10.0 Å². The summed E-state index contributed by atoms with van der Waals surface area (Å²) >= 11 is 0. The van der Waals surface area contributed by atoms with Gasteiger partial charge in [-0.05, 0) is 50.3 Å². The fourth-order valence-corrected chi connectivity index (χ4v) is 4.75. The SMILES string of the molecule is CC[C@H](C)c1ccc(S(=O)(=O)N2CC[NH+](CC(=O)NC(C)(C)CC)CC2)cc1. The minimum atomic E-state index is -3.48. The van der Waals surface area contributed by atoms with Crippen molar-refractivity contribution in [2.24, 2.45) is 0 Å². The van der Waals surface area contributed by atoms with Gasteiger partial charge >= 0.3 is 0 Å². The first-order valence-corrected chi connectivity index (χ1v) is 11.8. The number of rotatable bonds is 8. The maximum absolute atomic E-state index is 12.9. The van der Waals surface area contributed by atoms with Gasteiger partial charge in [0, 0.05) is 5.54 Å². The monoisotopic (exact) mass is 410 g/mol. The minimum Gasteiger partial charge on any atom is -0.346 e. The number of hydrogen-bond acceptors (Lipinski definition) is 3. The van der Waals surface area contributed by atoms with E-state index in [1.807, 2.05) is 32.9 Å². The number of nitrogens with zero attached hydrogens (tertiary/aromatic N) is 1. The standard InChI is InChI=1S/C21H35N3O3S/c1-6-17(3)18-8-10-19(11-9-18)28(26,27)24-14-12-23(13-15-24)16-20(25)22-21(4,5)7-2/h8-11,17H,6-7,12-16H2,1-5H3,(H,22,25)/p+1/t17-/m0/s1. The first-order valence-electron chi connectivity index (χ1n) is 10.3. The van der Waals surface area contributed by atoms with Crippen LogP contribution in [0, 0.1) is 0 Å². The molecule has 1 saturated heterocycles. The average molecular weight is 411 g/mol. The highest BCUT2D eigenvalue weighted by Crippen LogP contribution is 2.22. The van der Waals surface area contributed by atoms with Crippen LogP contribution in [-0.2, 0) is 14.8 Å². The van der Waals surface area contributed by atoms with E-state index in [1.54, 1.807) is 16.4 Å². The van der Waals surface area contributed by atoms with Gasteiger partial charge in [0.1, 0.15) is 0 Å². The van der Waals surface area contributed by atoms with E-state index in [9.17, 15) is 13.2 Å². The smallest absolute Gasteiger partial charge is 0.275 e. The number of sulfonamides is 1. The van der Waals surface area contributed by atoms with Crippen molar-refractivity contribution in [3.63, 3.8) is 0 Å². The molecule has 0 spiro atoms. The summed E-state index contributed by atoms with van der Waals surface area (Å²) in [5.74, 6) is 0.450. The molecule has 0 radical (unpaired) electrons. The molecule has 2 N–H and O–H groups in total. The fraction of sp³-hybridized carbons (Fsp3) is 0.667. The second kappa shape index (κ2) is 9.37. The molecule has 7 heteroatoms. The summed E-state index contributed by atoms with van der Waals surface area (Å²) in [4.78, 5) is 13.7. The molecule has 1 aliphatic heterocycles. The summed E-state index contributed by atoms with van der Waals surface area (Å²) in [7, 11) is -3.48. The Hall–Kier alpha value is -1.44. The highest BCUT2D eigenvalue weighted by Gasteiger charge is 2.31. The Morgan fingerprint density at radius 2 is 1.75 bits per heavy atom. The van der Waals surface area contributed by atoms with Crippen molar-refractivity contribution in [3.8, 4) is 0 Å². The van der Waals surface area contributed by atoms with Gasteiger partial charge in [-0.1, -0.05) is 32.9 Å². The van der Waals surface area contributed by atoms with Crippen LogP contribution in [0.3, 0.4) is 0 Å². The number of piperazine rings is 1. The van der Waals surface area contributed by atoms with Gasteiger partial charge in [-0.25, -0.2) is 8.42 Å². The predicted octanol–water partition coefficient (Wildman–Crippen LogP) is 1.39. The second-order valence-corrected chi connectivity index (χ2v) is 10.4. The lowest BCUT2D eigenvalue weighted by Crippen LogP contribution is -3.16. The van der Waals surface area contributed by atoms with Gasteiger partial charge in [-0.3, -0.25) is 4.79 Å². The molecule has 1 amide bonds. The highest BCUT2D eigenvalue weighted by molar-refractivity contribution is 7.89. The van der Waals surface area contributed by atoms with Crippen LogP contribution in [0.25, 0.3) is 0 Å². The maximum atomic E-state index is 12.9. The van der Waals surface area contributed by atoms with Crippen LogP contribution in [0.2, 0.25) is 0 Å². The van der Waals surface area contributed by atoms with Gasteiger partial charge < -0.3 is 10.2 Å². The summed E-state index contributed by atoms with van der Waals surface area (Å²) in [5, 5.41) is 3.05. The van der Waals surface area contributed by atoms with Crippen LogP contribution >= 0.6 is 0 Å². The van der Waals surface area contributed by atoms with Gasteiger partial charge in [0.25, 0.3) is 5.91 Å². The van der Waals surface area contributed by atoms with E-state index in [-0.39, 0.29) is 11.4 Å². The molecule has 28 heavy (non-hydrogen) atoms. The topological polar surface area (TPSA) is 70.9 Å². The normalized spacial score (nSPS) is 18.0. The van der Waals surface area contributed by atoms with Crippen molar-refractivity contribution >= 4 is 15.9 Å². The molecule has 1 aromatic rings. The summed E-state index contributed by atoms with van der Waals surface area (Å²) in [6.07, 6.45) is 1.90. The second-order valence-electron chi connectivity index (χ2n) is 8.49. The molecule has 0 aromatic heterocycles. The van der Waals surface area contributed by atoms with Gasteiger partial charge in [-0.2, -0.15) is 4.31 Å². The molecule has 0 unspecified atom stereocenters. The van der Waals surface area contributed by atoms with E-state index < -0.39 is 10.0 Å². The first-order chi connectivity index (χ1) is 13.1. The number of carbonyl (C=O) groups is 1. The lowest BCUT2D eigenvalue weighted by molar-refractivity contribution is -0.895. The van der Waals surface area contributed by atoms with E-state index >= 15 is 0 Å². The van der Waals surface area contributed by atoms with Gasteiger partial charge in [0.05, 0.1) is 31.1 Å². The molecule has 1 fully saturated rings. The molecule has 0 bridgehead atoms. The van der Waals surface area contributed by atoms with E-state index in [4.69, 9.17) is 0 Å². The molecular formula is C21H36N3O3S+. The Morgan fingerprint density at radius 3 is 2.25 bits per heavy atom. The molecular weight excluding hydrogens is 374 g/mol. The van der Waals surface area contributed by atoms with E-state index in [0.29, 0.717) is 43.5 Å². The largest absolute Gasteiger partial charge is 0.346 e. The Bertz CT molecular complexity index is 752. The van der Waals surface area contributed by atoms with Crippen LogP contribution in [0.5, 0.6) is 0 Å². The zero-order chi connectivity index (χ0) is 20.9. The fourth-order valence-electron chi connectivity index (χ4n) is 3.31. The maximum Gasteiger partial charge on any atom is 0.275 e. The van der Waals surface area contributed by atoms with Crippen molar-refractivity contribution in [3.05, 3.63) is 29.8 Å². The van der Waals surface area contributed by atoms with Crippen molar-refractivity contribution in [1.82, 2.24) is 9.62 Å². The molecule has 0 aliphatic carbocycles. The third kappa shape index (κ3) is 5.78.